The highest BCUT2D eigenvalue weighted by Crippen LogP contribution is 2.27. The van der Waals surface area contributed by atoms with Crippen molar-refractivity contribution in [2.24, 2.45) is 4.99 Å². The van der Waals surface area contributed by atoms with Gasteiger partial charge in [-0.05, 0) is 55.5 Å². The number of aryl methyl sites for hydroxylation is 1. The van der Waals surface area contributed by atoms with E-state index in [4.69, 9.17) is 9.26 Å². The van der Waals surface area contributed by atoms with Crippen LogP contribution in [0.2, 0.25) is 0 Å². The van der Waals surface area contributed by atoms with Gasteiger partial charge >= 0.3 is 0 Å². The highest BCUT2D eigenvalue weighted by molar-refractivity contribution is 5.63. The molecule has 0 radical (unpaired) electrons. The summed E-state index contributed by atoms with van der Waals surface area (Å²) in [6.07, 6.45) is 5.19. The summed E-state index contributed by atoms with van der Waals surface area (Å²) >= 11 is 0. The fourth-order valence-corrected chi connectivity index (χ4v) is 2.23. The van der Waals surface area contributed by atoms with Crippen LogP contribution in [0.5, 0.6) is 5.75 Å². The van der Waals surface area contributed by atoms with Crippen molar-refractivity contribution in [1.82, 2.24) is 10.1 Å². The third-order valence-corrected chi connectivity index (χ3v) is 3.70. The number of rotatable bonds is 7. The van der Waals surface area contributed by atoms with Gasteiger partial charge < -0.3 is 9.26 Å². The van der Waals surface area contributed by atoms with Gasteiger partial charge in [-0.1, -0.05) is 24.7 Å². The minimum atomic E-state index is 0.457. The van der Waals surface area contributed by atoms with Crippen molar-refractivity contribution >= 4 is 11.8 Å². The van der Waals surface area contributed by atoms with Crippen LogP contribution in [-0.2, 0) is 0 Å². The van der Waals surface area contributed by atoms with E-state index in [-0.39, 0.29) is 0 Å². The van der Waals surface area contributed by atoms with Crippen LogP contribution in [0.15, 0.2) is 46.1 Å². The van der Waals surface area contributed by atoms with E-state index < -0.39 is 0 Å². The molecule has 0 amide bonds. The van der Waals surface area contributed by atoms with Crippen LogP contribution in [-0.4, -0.2) is 23.5 Å². The van der Waals surface area contributed by atoms with Gasteiger partial charge in [0.1, 0.15) is 5.75 Å². The molecule has 0 N–H and O–H groups in total. The van der Waals surface area contributed by atoms with Gasteiger partial charge in [-0.15, -0.1) is 0 Å². The summed E-state index contributed by atoms with van der Waals surface area (Å²) in [4.78, 5) is 8.62. The molecule has 0 spiro atoms. The normalized spacial score (nSPS) is 11.9. The lowest BCUT2D eigenvalue weighted by Gasteiger charge is -2.05. The Bertz CT molecular complexity index is 773. The third-order valence-electron chi connectivity index (χ3n) is 3.70. The number of aliphatic imine (C=N–C) groups is 1. The highest BCUT2D eigenvalue weighted by Gasteiger charge is 2.13. The predicted octanol–water partition coefficient (Wildman–Crippen LogP) is 4.84. The third kappa shape index (κ3) is 4.19. The van der Waals surface area contributed by atoms with Crippen molar-refractivity contribution in [1.29, 1.82) is 0 Å². The fourth-order valence-electron chi connectivity index (χ4n) is 2.23. The van der Waals surface area contributed by atoms with E-state index in [9.17, 15) is 0 Å². The Morgan fingerprint density at radius 2 is 2.21 bits per heavy atom. The van der Waals surface area contributed by atoms with Crippen molar-refractivity contribution in [3.8, 4) is 17.2 Å². The molecule has 5 nitrogen and oxygen atoms in total. The van der Waals surface area contributed by atoms with Crippen LogP contribution < -0.4 is 4.74 Å². The van der Waals surface area contributed by atoms with Gasteiger partial charge in [-0.2, -0.15) is 4.98 Å². The Hall–Kier alpha value is -2.69. The highest BCUT2D eigenvalue weighted by atomic mass is 16.5. The molecule has 5 heteroatoms. The van der Waals surface area contributed by atoms with Crippen molar-refractivity contribution in [3.05, 3.63) is 47.9 Å². The maximum atomic E-state index is 5.38. The van der Waals surface area contributed by atoms with Crippen LogP contribution in [0.3, 0.4) is 0 Å². The van der Waals surface area contributed by atoms with Gasteiger partial charge in [0.2, 0.25) is 0 Å². The van der Waals surface area contributed by atoms with E-state index in [1.165, 1.54) is 5.57 Å². The molecule has 0 aliphatic carbocycles. The zero-order chi connectivity index (χ0) is 17.5. The lowest BCUT2D eigenvalue weighted by atomic mass is 10.1. The van der Waals surface area contributed by atoms with Crippen LogP contribution in [0, 0.1) is 6.92 Å². The number of benzene rings is 1. The minimum Gasteiger partial charge on any atom is -0.496 e. The van der Waals surface area contributed by atoms with Crippen LogP contribution in [0.4, 0.5) is 0 Å². The van der Waals surface area contributed by atoms with Crippen molar-refractivity contribution in [3.63, 3.8) is 0 Å². The van der Waals surface area contributed by atoms with E-state index in [0.717, 1.165) is 28.9 Å². The first kappa shape index (κ1) is 17.7. The molecule has 0 saturated heterocycles. The molecule has 2 aromatic rings. The van der Waals surface area contributed by atoms with Gasteiger partial charge in [0.15, 0.2) is 5.82 Å². The number of nitrogens with zero attached hydrogens (tertiary/aromatic N) is 3. The molecule has 0 atom stereocenters. The minimum absolute atomic E-state index is 0.457. The molecular formula is C19H23N3O2. The summed E-state index contributed by atoms with van der Waals surface area (Å²) in [7, 11) is 1.64. The van der Waals surface area contributed by atoms with Gasteiger partial charge in [-0.25, -0.2) is 0 Å². The summed E-state index contributed by atoms with van der Waals surface area (Å²) in [5, 5.41) is 4.05. The SMILES string of the molecule is C=C(C/C(=C\N=CC)CC)c1noc(-c2ccc(C)c(OC)c2)n1. The first-order valence-electron chi connectivity index (χ1n) is 7.91. The fraction of sp³-hybridized carbons (Fsp3) is 0.316. The summed E-state index contributed by atoms with van der Waals surface area (Å²) in [6, 6.07) is 5.79. The monoisotopic (exact) mass is 325 g/mol. The van der Waals surface area contributed by atoms with Gasteiger partial charge in [0.05, 0.1) is 7.11 Å². The summed E-state index contributed by atoms with van der Waals surface area (Å²) < 4.78 is 10.7. The molecule has 24 heavy (non-hydrogen) atoms. The second-order valence-electron chi connectivity index (χ2n) is 5.44. The number of ether oxygens (including phenoxy) is 1. The second kappa shape index (κ2) is 8.24. The molecule has 0 unspecified atom stereocenters. The van der Waals surface area contributed by atoms with E-state index in [0.29, 0.717) is 18.1 Å². The zero-order valence-corrected chi connectivity index (χ0v) is 14.7. The number of methoxy groups -OCH3 is 1. The van der Waals surface area contributed by atoms with Crippen LogP contribution in [0.1, 0.15) is 38.1 Å². The molecule has 126 valence electrons. The Morgan fingerprint density at radius 3 is 2.88 bits per heavy atom. The smallest absolute Gasteiger partial charge is 0.258 e. The van der Waals surface area contributed by atoms with E-state index >= 15 is 0 Å². The maximum Gasteiger partial charge on any atom is 0.258 e. The van der Waals surface area contributed by atoms with E-state index in [2.05, 4.69) is 28.6 Å². The Morgan fingerprint density at radius 1 is 1.42 bits per heavy atom. The molecule has 0 bridgehead atoms. The largest absolute Gasteiger partial charge is 0.496 e. The molecule has 1 aromatic carbocycles. The van der Waals surface area contributed by atoms with Crippen molar-refractivity contribution < 1.29 is 9.26 Å². The van der Waals surface area contributed by atoms with Gasteiger partial charge in [0.25, 0.3) is 5.89 Å². The van der Waals surface area contributed by atoms with Crippen molar-refractivity contribution in [2.45, 2.75) is 33.6 Å². The van der Waals surface area contributed by atoms with E-state index in [1.54, 1.807) is 13.3 Å². The number of aromatic nitrogens is 2. The number of hydrogen-bond donors (Lipinski definition) is 0. The van der Waals surface area contributed by atoms with Crippen molar-refractivity contribution in [2.75, 3.05) is 7.11 Å². The molecule has 0 aliphatic rings. The van der Waals surface area contributed by atoms with E-state index in [1.807, 2.05) is 38.2 Å². The number of hydrogen-bond acceptors (Lipinski definition) is 5. The average Bonchev–Trinajstić information content (AvgIpc) is 3.09. The zero-order valence-electron chi connectivity index (χ0n) is 14.7. The topological polar surface area (TPSA) is 60.5 Å². The first-order valence-corrected chi connectivity index (χ1v) is 7.91. The molecule has 0 fully saturated rings. The second-order valence-corrected chi connectivity index (χ2v) is 5.44. The molecule has 0 aliphatic heterocycles. The maximum absolute atomic E-state index is 5.38. The molecule has 1 heterocycles. The van der Waals surface area contributed by atoms with Crippen LogP contribution >= 0.6 is 0 Å². The Labute approximate surface area is 142 Å². The Balaban J connectivity index is 2.19. The molecule has 1 aromatic heterocycles. The predicted molar refractivity (Wildman–Crippen MR) is 97.2 cm³/mol. The average molecular weight is 325 g/mol. The molecule has 2 rings (SSSR count). The van der Waals surface area contributed by atoms with Gasteiger partial charge in [0, 0.05) is 18.0 Å². The lowest BCUT2D eigenvalue weighted by Crippen LogP contribution is -1.90. The quantitative estimate of drug-likeness (QED) is 0.683. The lowest BCUT2D eigenvalue weighted by molar-refractivity contribution is 0.410. The molecular weight excluding hydrogens is 302 g/mol. The van der Waals surface area contributed by atoms with Crippen LogP contribution in [0.25, 0.3) is 17.0 Å². The van der Waals surface area contributed by atoms with Gasteiger partial charge in [-0.3, -0.25) is 4.99 Å². The first-order chi connectivity index (χ1) is 11.6. The summed E-state index contributed by atoms with van der Waals surface area (Å²) in [5.74, 6) is 1.77. The summed E-state index contributed by atoms with van der Waals surface area (Å²) in [5.41, 5.74) is 3.86. The number of allylic oxidation sites excluding steroid dienone is 2. The standard InChI is InChI=1S/C19H23N3O2/c1-6-15(12-20-7-2)10-14(4)18-21-19(24-22-18)16-9-8-13(3)17(11-16)23-5/h7-9,11-12H,4,6,10H2,1-3,5H3/b15-12-,20-7?. The molecule has 0 saturated carbocycles. The Kier molecular flexibility index (Phi) is 6.07. The summed E-state index contributed by atoms with van der Waals surface area (Å²) in [6.45, 7) is 10.0.